The van der Waals surface area contributed by atoms with Crippen LogP contribution in [0.2, 0.25) is 0 Å². The van der Waals surface area contributed by atoms with Crippen molar-refractivity contribution in [2.24, 2.45) is 5.18 Å². The maximum Gasteiger partial charge on any atom is 0.245 e. The van der Waals surface area contributed by atoms with Crippen LogP contribution in [0.5, 0.6) is 0 Å². The zero-order valence-electron chi connectivity index (χ0n) is 4.28. The van der Waals surface area contributed by atoms with Gasteiger partial charge in [-0.3, -0.25) is 0 Å². The molecule has 0 atom stereocenters. The molecule has 1 aromatic heterocycles. The fourth-order valence-electron chi connectivity index (χ4n) is 0.369. The Labute approximate surface area is 49.7 Å². The molecule has 0 saturated heterocycles. The standard InChI is InChI=1S/C4H2FN3O/c5-4-3(8-9)1-6-2-7-4/h1-2H. The summed E-state index contributed by atoms with van der Waals surface area (Å²) in [6.07, 6.45) is 2.01. The fraction of sp³-hybridized carbons (Fsp3) is 0. The van der Waals surface area contributed by atoms with Crippen molar-refractivity contribution in [1.29, 1.82) is 0 Å². The van der Waals surface area contributed by atoms with E-state index in [-0.39, 0.29) is 5.69 Å². The van der Waals surface area contributed by atoms with Crippen molar-refractivity contribution in [2.45, 2.75) is 0 Å². The Morgan fingerprint density at radius 3 is 2.89 bits per heavy atom. The molecule has 0 saturated carbocycles. The van der Waals surface area contributed by atoms with E-state index in [9.17, 15) is 9.30 Å². The van der Waals surface area contributed by atoms with Gasteiger partial charge in [-0.1, -0.05) is 0 Å². The van der Waals surface area contributed by atoms with Crippen molar-refractivity contribution >= 4 is 5.69 Å². The van der Waals surface area contributed by atoms with E-state index >= 15 is 0 Å². The van der Waals surface area contributed by atoms with E-state index in [2.05, 4.69) is 15.1 Å². The molecule has 4 nitrogen and oxygen atoms in total. The molecule has 9 heavy (non-hydrogen) atoms. The molecule has 0 unspecified atom stereocenters. The van der Waals surface area contributed by atoms with E-state index < -0.39 is 5.95 Å². The number of hydrogen-bond donors (Lipinski definition) is 0. The second kappa shape index (κ2) is 2.25. The highest BCUT2D eigenvalue weighted by Crippen LogP contribution is 2.10. The van der Waals surface area contributed by atoms with Gasteiger partial charge >= 0.3 is 0 Å². The van der Waals surface area contributed by atoms with Crippen LogP contribution in [0, 0.1) is 10.9 Å². The summed E-state index contributed by atoms with van der Waals surface area (Å²) in [6.45, 7) is 0. The Balaban J connectivity index is 3.15. The second-order valence-corrected chi connectivity index (χ2v) is 1.29. The third-order valence-corrected chi connectivity index (χ3v) is 0.744. The lowest BCUT2D eigenvalue weighted by Crippen LogP contribution is -1.82. The zero-order chi connectivity index (χ0) is 6.69. The quantitative estimate of drug-likeness (QED) is 0.418. The summed E-state index contributed by atoms with van der Waals surface area (Å²) in [5.41, 5.74) is -0.363. The Morgan fingerprint density at radius 2 is 2.44 bits per heavy atom. The van der Waals surface area contributed by atoms with Crippen LogP contribution in [0.1, 0.15) is 0 Å². The molecule has 1 rings (SSSR count). The normalized spacial score (nSPS) is 9.00. The second-order valence-electron chi connectivity index (χ2n) is 1.29. The van der Waals surface area contributed by atoms with Gasteiger partial charge in [0.2, 0.25) is 5.95 Å². The van der Waals surface area contributed by atoms with Gasteiger partial charge in [0.15, 0.2) is 5.69 Å². The van der Waals surface area contributed by atoms with Gasteiger partial charge in [-0.2, -0.15) is 4.39 Å². The van der Waals surface area contributed by atoms with Crippen molar-refractivity contribution in [1.82, 2.24) is 9.97 Å². The van der Waals surface area contributed by atoms with Crippen LogP contribution >= 0.6 is 0 Å². The highest BCUT2D eigenvalue weighted by Gasteiger charge is 1.99. The number of rotatable bonds is 1. The molecular weight excluding hydrogens is 125 g/mol. The molecule has 1 aromatic rings. The van der Waals surface area contributed by atoms with Crippen LogP contribution in [0.25, 0.3) is 0 Å². The number of nitrogens with zero attached hydrogens (tertiary/aromatic N) is 3. The number of hydrogen-bond acceptors (Lipinski definition) is 4. The third-order valence-electron chi connectivity index (χ3n) is 0.744. The van der Waals surface area contributed by atoms with E-state index in [4.69, 9.17) is 0 Å². The van der Waals surface area contributed by atoms with E-state index in [1.165, 1.54) is 0 Å². The van der Waals surface area contributed by atoms with Crippen LogP contribution in [0.15, 0.2) is 17.7 Å². The largest absolute Gasteiger partial charge is 0.245 e. The summed E-state index contributed by atoms with van der Waals surface area (Å²) in [6, 6.07) is 0. The summed E-state index contributed by atoms with van der Waals surface area (Å²) < 4.78 is 12.1. The van der Waals surface area contributed by atoms with Gasteiger partial charge in [0.05, 0.1) is 6.20 Å². The smallest absolute Gasteiger partial charge is 0.242 e. The first-order valence-corrected chi connectivity index (χ1v) is 2.13. The topological polar surface area (TPSA) is 55.2 Å². The van der Waals surface area contributed by atoms with Crippen LogP contribution in [-0.2, 0) is 0 Å². The highest BCUT2D eigenvalue weighted by molar-refractivity contribution is 5.29. The lowest BCUT2D eigenvalue weighted by molar-refractivity contribution is 0.582. The Bertz CT molecular complexity index is 227. The summed E-state index contributed by atoms with van der Waals surface area (Å²) in [4.78, 5) is 16.1. The van der Waals surface area contributed by atoms with E-state index in [0.29, 0.717) is 0 Å². The van der Waals surface area contributed by atoms with Crippen molar-refractivity contribution < 1.29 is 4.39 Å². The summed E-state index contributed by atoms with van der Waals surface area (Å²) in [5.74, 6) is -0.889. The van der Waals surface area contributed by atoms with Gasteiger partial charge < -0.3 is 0 Å². The average molecular weight is 127 g/mol. The SMILES string of the molecule is O=Nc1cncnc1F. The third kappa shape index (κ3) is 1.04. The molecular formula is C4H2FN3O. The first kappa shape index (κ1) is 5.74. The van der Waals surface area contributed by atoms with Gasteiger partial charge in [0, 0.05) is 0 Å². The van der Waals surface area contributed by atoms with Crippen molar-refractivity contribution in [3.05, 3.63) is 23.4 Å². The molecule has 5 heteroatoms. The molecule has 0 amide bonds. The van der Waals surface area contributed by atoms with Gasteiger partial charge in [-0.05, 0) is 5.18 Å². The average Bonchev–Trinajstić information content (AvgIpc) is 1.89. The zero-order valence-corrected chi connectivity index (χ0v) is 4.28. The minimum absolute atomic E-state index is 0.363. The van der Waals surface area contributed by atoms with Gasteiger partial charge in [0.1, 0.15) is 6.33 Å². The van der Waals surface area contributed by atoms with Gasteiger partial charge in [-0.25, -0.2) is 9.97 Å². The molecule has 0 aromatic carbocycles. The van der Waals surface area contributed by atoms with Gasteiger partial charge in [-0.15, -0.1) is 4.91 Å². The van der Waals surface area contributed by atoms with E-state index in [1.54, 1.807) is 0 Å². The van der Waals surface area contributed by atoms with Crippen LogP contribution in [0.4, 0.5) is 10.1 Å². The van der Waals surface area contributed by atoms with Gasteiger partial charge in [0.25, 0.3) is 0 Å². The first-order chi connectivity index (χ1) is 4.34. The van der Waals surface area contributed by atoms with Crippen LogP contribution in [-0.4, -0.2) is 9.97 Å². The van der Waals surface area contributed by atoms with Crippen LogP contribution < -0.4 is 0 Å². The molecule has 0 radical (unpaired) electrons. The maximum absolute atomic E-state index is 12.1. The fourth-order valence-corrected chi connectivity index (χ4v) is 0.369. The minimum Gasteiger partial charge on any atom is -0.242 e. The molecule has 0 aliphatic carbocycles. The Kier molecular flexibility index (Phi) is 1.44. The first-order valence-electron chi connectivity index (χ1n) is 2.13. The predicted octanol–water partition coefficient (Wildman–Crippen LogP) is 1.01. The maximum atomic E-state index is 12.1. The molecule has 46 valence electrons. The molecule has 0 spiro atoms. The minimum atomic E-state index is -0.889. The summed E-state index contributed by atoms with van der Waals surface area (Å²) >= 11 is 0. The lowest BCUT2D eigenvalue weighted by Gasteiger charge is -1.85. The van der Waals surface area contributed by atoms with E-state index in [0.717, 1.165) is 12.5 Å². The van der Waals surface area contributed by atoms with Crippen molar-refractivity contribution in [2.75, 3.05) is 0 Å². The van der Waals surface area contributed by atoms with Crippen molar-refractivity contribution in [3.63, 3.8) is 0 Å². The Morgan fingerprint density at radius 1 is 1.67 bits per heavy atom. The highest BCUT2D eigenvalue weighted by atomic mass is 19.1. The molecule has 0 fully saturated rings. The molecule has 0 bridgehead atoms. The van der Waals surface area contributed by atoms with Crippen LogP contribution in [0.3, 0.4) is 0 Å². The number of nitroso groups, excluding NO2 is 1. The number of aromatic nitrogens is 2. The molecule has 0 aliphatic heterocycles. The predicted molar refractivity (Wildman–Crippen MR) is 27.4 cm³/mol. The summed E-state index contributed by atoms with van der Waals surface area (Å²) in [7, 11) is 0. The summed E-state index contributed by atoms with van der Waals surface area (Å²) in [5, 5.41) is 2.32. The van der Waals surface area contributed by atoms with E-state index in [1.807, 2.05) is 0 Å². The number of halogens is 1. The van der Waals surface area contributed by atoms with Crippen molar-refractivity contribution in [3.8, 4) is 0 Å². The molecule has 0 aliphatic rings. The Hall–Kier alpha value is -1.39. The molecule has 1 heterocycles. The lowest BCUT2D eigenvalue weighted by atomic mass is 10.5. The monoisotopic (exact) mass is 127 g/mol. The molecule has 0 N–H and O–H groups in total.